The van der Waals surface area contributed by atoms with Gasteiger partial charge in [0.15, 0.2) is 0 Å². The van der Waals surface area contributed by atoms with Crippen LogP contribution in [-0.2, 0) is 20.1 Å². The molecule has 144 valence electrons. The number of carbonyl (C=O) groups excluding carboxylic acids is 1. The molecule has 0 bridgehead atoms. The number of aromatic nitrogens is 1. The molecule has 1 N–H and O–H groups in total. The molecule has 1 aromatic carbocycles. The van der Waals surface area contributed by atoms with Gasteiger partial charge in [-0.15, -0.1) is 0 Å². The van der Waals surface area contributed by atoms with Crippen molar-refractivity contribution in [2.45, 2.75) is 33.4 Å². The minimum Gasteiger partial charge on any atom is -0.348 e. The fourth-order valence-corrected chi connectivity index (χ4v) is 3.92. The number of carbonyl (C=O) groups is 1. The lowest BCUT2D eigenvalue weighted by Crippen LogP contribution is -2.38. The maximum atomic E-state index is 12.2. The predicted octanol–water partition coefficient (Wildman–Crippen LogP) is 2.79. The van der Waals surface area contributed by atoms with E-state index in [1.807, 2.05) is 0 Å². The fourth-order valence-electron chi connectivity index (χ4n) is 3.92. The predicted molar refractivity (Wildman–Crippen MR) is 108 cm³/mol. The topological polar surface area (TPSA) is 54.3 Å². The molecule has 0 spiro atoms. The van der Waals surface area contributed by atoms with Gasteiger partial charge in [-0.2, -0.15) is 0 Å². The smallest absolute Gasteiger partial charge is 0.251 e. The van der Waals surface area contributed by atoms with E-state index in [2.05, 4.69) is 48.3 Å². The largest absolute Gasteiger partial charge is 0.348 e. The van der Waals surface area contributed by atoms with Crippen molar-refractivity contribution < 1.29 is 4.79 Å². The monoisotopic (exact) mass is 367 g/mol. The van der Waals surface area contributed by atoms with E-state index < -0.39 is 0 Å². The molecule has 1 fully saturated rings. The average molecular weight is 367 g/mol. The van der Waals surface area contributed by atoms with Crippen LogP contribution in [0.15, 0.2) is 47.4 Å². The minimum absolute atomic E-state index is 0.187. The van der Waals surface area contributed by atoms with Crippen LogP contribution >= 0.6 is 0 Å². The Morgan fingerprint density at radius 2 is 1.70 bits per heavy atom. The van der Waals surface area contributed by atoms with Crippen LogP contribution in [-0.4, -0.2) is 28.5 Å². The number of rotatable bonds is 5. The first-order chi connectivity index (χ1) is 12.9. The molecular formula is C22H29N3O2. The van der Waals surface area contributed by atoms with Crippen molar-refractivity contribution >= 4 is 5.91 Å². The molecule has 1 amide bonds. The molecule has 2 atom stereocenters. The van der Waals surface area contributed by atoms with Crippen LogP contribution in [0.4, 0.5) is 0 Å². The van der Waals surface area contributed by atoms with Crippen molar-refractivity contribution in [3.05, 3.63) is 69.6 Å². The van der Waals surface area contributed by atoms with Crippen LogP contribution in [0.1, 0.15) is 41.8 Å². The summed E-state index contributed by atoms with van der Waals surface area (Å²) in [5, 5.41) is 2.88. The van der Waals surface area contributed by atoms with E-state index in [1.54, 1.807) is 19.3 Å². The van der Waals surface area contributed by atoms with Crippen molar-refractivity contribution in [2.75, 3.05) is 13.1 Å². The van der Waals surface area contributed by atoms with E-state index in [1.165, 1.54) is 35.7 Å². The Labute approximate surface area is 161 Å². The quantitative estimate of drug-likeness (QED) is 0.884. The summed E-state index contributed by atoms with van der Waals surface area (Å²) in [4.78, 5) is 26.4. The van der Waals surface area contributed by atoms with Crippen LogP contribution < -0.4 is 10.9 Å². The number of nitrogens with one attached hydrogen (secondary N) is 1. The number of hydrogen-bond acceptors (Lipinski definition) is 3. The molecule has 1 saturated heterocycles. The molecule has 0 aliphatic carbocycles. The number of likely N-dealkylation sites (tertiary alicyclic amines) is 1. The van der Waals surface area contributed by atoms with Gasteiger partial charge in [-0.3, -0.25) is 14.5 Å². The van der Waals surface area contributed by atoms with Gasteiger partial charge >= 0.3 is 0 Å². The Hall–Kier alpha value is -2.40. The number of piperidine rings is 1. The molecule has 0 radical (unpaired) electrons. The molecule has 0 unspecified atom stereocenters. The zero-order chi connectivity index (χ0) is 19.4. The van der Waals surface area contributed by atoms with Gasteiger partial charge in [0.25, 0.3) is 11.5 Å². The third kappa shape index (κ3) is 5.30. The van der Waals surface area contributed by atoms with Gasteiger partial charge in [0.2, 0.25) is 0 Å². The molecule has 5 nitrogen and oxygen atoms in total. The SMILES string of the molecule is C[C@@H]1C[C@H](C)CN(Cc2ccc(CNC(=O)c3ccn(C)c(=O)c3)cc2)C1. The van der Waals surface area contributed by atoms with Gasteiger partial charge in [-0.1, -0.05) is 38.1 Å². The third-order valence-electron chi connectivity index (χ3n) is 5.19. The van der Waals surface area contributed by atoms with E-state index in [0.29, 0.717) is 12.1 Å². The third-order valence-corrected chi connectivity index (χ3v) is 5.19. The van der Waals surface area contributed by atoms with Gasteiger partial charge in [0.05, 0.1) is 0 Å². The summed E-state index contributed by atoms with van der Waals surface area (Å²) in [6, 6.07) is 11.4. The Morgan fingerprint density at radius 1 is 1.07 bits per heavy atom. The summed E-state index contributed by atoms with van der Waals surface area (Å²) in [5.74, 6) is 1.30. The van der Waals surface area contributed by atoms with Gasteiger partial charge < -0.3 is 9.88 Å². The first-order valence-electron chi connectivity index (χ1n) is 9.66. The Morgan fingerprint density at radius 3 is 2.33 bits per heavy atom. The maximum Gasteiger partial charge on any atom is 0.251 e. The molecule has 0 saturated carbocycles. The first kappa shape index (κ1) is 19.4. The lowest BCUT2D eigenvalue weighted by molar-refractivity contribution is 0.0950. The van der Waals surface area contributed by atoms with E-state index >= 15 is 0 Å². The highest BCUT2D eigenvalue weighted by atomic mass is 16.2. The first-order valence-corrected chi connectivity index (χ1v) is 9.66. The minimum atomic E-state index is -0.229. The standard InChI is InChI=1S/C22H29N3O2/c1-16-10-17(2)14-25(13-16)15-19-6-4-18(5-7-19)12-23-22(27)20-8-9-24(3)21(26)11-20/h4-9,11,16-17H,10,12-15H2,1-3H3,(H,23,27)/t16-,17+. The average Bonchev–Trinajstić information content (AvgIpc) is 2.62. The second-order valence-corrected chi connectivity index (χ2v) is 8.00. The van der Waals surface area contributed by atoms with Crippen LogP contribution in [0.5, 0.6) is 0 Å². The second kappa shape index (κ2) is 8.53. The molecule has 1 aliphatic rings. The summed E-state index contributed by atoms with van der Waals surface area (Å²) in [7, 11) is 1.66. The Bertz CT molecular complexity index is 831. The van der Waals surface area contributed by atoms with Crippen LogP contribution in [0.2, 0.25) is 0 Å². The van der Waals surface area contributed by atoms with E-state index in [-0.39, 0.29) is 11.5 Å². The van der Waals surface area contributed by atoms with Crippen molar-refractivity contribution in [1.82, 2.24) is 14.8 Å². The zero-order valence-corrected chi connectivity index (χ0v) is 16.4. The number of hydrogen-bond donors (Lipinski definition) is 1. The lowest BCUT2D eigenvalue weighted by atomic mass is 9.91. The summed E-state index contributed by atoms with van der Waals surface area (Å²) < 4.78 is 1.44. The van der Waals surface area contributed by atoms with Gasteiger partial charge in [-0.05, 0) is 35.4 Å². The number of benzene rings is 1. The molecule has 1 aromatic heterocycles. The molecule has 3 rings (SSSR count). The highest BCUT2D eigenvalue weighted by Crippen LogP contribution is 2.22. The molecule has 2 heterocycles. The van der Waals surface area contributed by atoms with Gasteiger partial charge in [0.1, 0.15) is 0 Å². The number of nitrogens with zero attached hydrogens (tertiary/aromatic N) is 2. The van der Waals surface area contributed by atoms with Crippen LogP contribution in [0.3, 0.4) is 0 Å². The molecule has 2 aromatic rings. The Balaban J connectivity index is 1.53. The maximum absolute atomic E-state index is 12.2. The van der Waals surface area contributed by atoms with E-state index in [0.717, 1.165) is 23.9 Å². The molecule has 1 aliphatic heterocycles. The normalized spacial score (nSPS) is 20.4. The lowest BCUT2D eigenvalue weighted by Gasteiger charge is -2.35. The van der Waals surface area contributed by atoms with Crippen LogP contribution in [0.25, 0.3) is 0 Å². The summed E-state index contributed by atoms with van der Waals surface area (Å²) >= 11 is 0. The Kier molecular flexibility index (Phi) is 6.11. The second-order valence-electron chi connectivity index (χ2n) is 8.00. The molecule has 5 heteroatoms. The zero-order valence-electron chi connectivity index (χ0n) is 16.4. The highest BCUT2D eigenvalue weighted by Gasteiger charge is 2.21. The van der Waals surface area contributed by atoms with Gasteiger partial charge in [0, 0.05) is 51.1 Å². The van der Waals surface area contributed by atoms with E-state index in [4.69, 9.17) is 0 Å². The molecular weight excluding hydrogens is 338 g/mol. The number of aryl methyl sites for hydroxylation is 1. The van der Waals surface area contributed by atoms with Crippen molar-refractivity contribution in [3.63, 3.8) is 0 Å². The fraction of sp³-hybridized carbons (Fsp3) is 0.455. The summed E-state index contributed by atoms with van der Waals surface area (Å²) in [5.41, 5.74) is 2.56. The highest BCUT2D eigenvalue weighted by molar-refractivity contribution is 5.93. The van der Waals surface area contributed by atoms with Gasteiger partial charge in [-0.25, -0.2) is 0 Å². The van der Waals surface area contributed by atoms with Crippen molar-refractivity contribution in [2.24, 2.45) is 18.9 Å². The summed E-state index contributed by atoms with van der Waals surface area (Å²) in [6.45, 7) is 8.42. The van der Waals surface area contributed by atoms with Crippen molar-refractivity contribution in [1.29, 1.82) is 0 Å². The van der Waals surface area contributed by atoms with Crippen molar-refractivity contribution in [3.8, 4) is 0 Å². The number of pyridine rings is 1. The van der Waals surface area contributed by atoms with Crippen LogP contribution in [0, 0.1) is 11.8 Å². The number of amides is 1. The summed E-state index contributed by atoms with van der Waals surface area (Å²) in [6.07, 6.45) is 2.93. The molecule has 27 heavy (non-hydrogen) atoms. The van der Waals surface area contributed by atoms with E-state index in [9.17, 15) is 9.59 Å².